The smallest absolute Gasteiger partial charge is 0.292 e. The number of rotatable bonds is 5. The van der Waals surface area contributed by atoms with E-state index in [0.717, 1.165) is 6.21 Å². The minimum absolute atomic E-state index is 0.0361. The van der Waals surface area contributed by atoms with Crippen LogP contribution in [0.3, 0.4) is 0 Å². The summed E-state index contributed by atoms with van der Waals surface area (Å²) in [4.78, 5) is 33.6. The average molecular weight is 284 g/mol. The van der Waals surface area contributed by atoms with Crippen molar-refractivity contribution in [1.82, 2.24) is 15.0 Å². The zero-order chi connectivity index (χ0) is 15.1. The van der Waals surface area contributed by atoms with Crippen molar-refractivity contribution in [3.8, 4) is 0 Å². The number of halogens is 2. The topological polar surface area (TPSA) is 91.0 Å². The molecule has 0 spiro atoms. The van der Waals surface area contributed by atoms with Crippen molar-refractivity contribution in [1.29, 1.82) is 0 Å². The minimum atomic E-state index is -2.61. The van der Waals surface area contributed by atoms with Crippen LogP contribution in [0.5, 0.6) is 0 Å². The molecule has 2 N–H and O–H groups in total. The summed E-state index contributed by atoms with van der Waals surface area (Å²) in [6.07, 6.45) is 1.50. The Hall–Kier alpha value is -2.38. The maximum Gasteiger partial charge on any atom is 0.351 e. The number of allylic oxidation sites excluding steroid dienone is 3. The van der Waals surface area contributed by atoms with Gasteiger partial charge in [0.25, 0.3) is 6.43 Å². The van der Waals surface area contributed by atoms with Crippen LogP contribution in [0.4, 0.5) is 8.78 Å². The van der Waals surface area contributed by atoms with Gasteiger partial charge in [0.1, 0.15) is 5.82 Å². The van der Waals surface area contributed by atoms with E-state index in [9.17, 15) is 18.4 Å². The Morgan fingerprint density at radius 3 is 2.65 bits per heavy atom. The van der Waals surface area contributed by atoms with Crippen LogP contribution in [0, 0.1) is 0 Å². The van der Waals surface area contributed by atoms with Crippen LogP contribution in [-0.2, 0) is 0 Å². The van der Waals surface area contributed by atoms with Crippen molar-refractivity contribution in [2.75, 3.05) is 0 Å². The predicted molar refractivity (Wildman–Crippen MR) is 72.0 cm³/mol. The number of H-pyrrole nitrogens is 2. The highest BCUT2D eigenvalue weighted by molar-refractivity contribution is 5.80. The third kappa shape index (κ3) is 4.71. The Kier molecular flexibility index (Phi) is 5.70. The predicted octanol–water partition coefficient (Wildman–Crippen LogP) is 1.49. The highest BCUT2D eigenvalue weighted by Crippen LogP contribution is 2.08. The van der Waals surface area contributed by atoms with E-state index in [0.29, 0.717) is 12.0 Å². The lowest BCUT2D eigenvalue weighted by atomic mass is 10.2. The van der Waals surface area contributed by atoms with Gasteiger partial charge in [-0.05, 0) is 13.3 Å². The van der Waals surface area contributed by atoms with Crippen molar-refractivity contribution in [3.63, 3.8) is 0 Å². The third-order valence-electron chi connectivity index (χ3n) is 2.22. The zero-order valence-corrected chi connectivity index (χ0v) is 11.0. The van der Waals surface area contributed by atoms with Gasteiger partial charge in [-0.3, -0.25) is 15.0 Å². The van der Waals surface area contributed by atoms with Gasteiger partial charge in [0.15, 0.2) is 0 Å². The lowest BCUT2D eigenvalue weighted by Gasteiger charge is -1.99. The summed E-state index contributed by atoms with van der Waals surface area (Å²) in [5.74, 6) is 0.0361. The SMILES string of the molecule is CCC=C(C=NC=C(C)c1nc(=O)[nH]c(=O)[nH]1)C(F)F. The summed E-state index contributed by atoms with van der Waals surface area (Å²) in [5.41, 5.74) is -1.31. The molecule has 0 aromatic carbocycles. The first-order chi connectivity index (χ1) is 9.43. The number of aromatic nitrogens is 3. The molecule has 0 saturated heterocycles. The van der Waals surface area contributed by atoms with E-state index >= 15 is 0 Å². The number of nitrogens with one attached hydrogen (secondary N) is 2. The highest BCUT2D eigenvalue weighted by atomic mass is 19.3. The molecule has 0 amide bonds. The van der Waals surface area contributed by atoms with Crippen molar-refractivity contribution >= 4 is 11.8 Å². The molecule has 0 aliphatic heterocycles. The molecule has 1 aromatic rings. The second-order valence-corrected chi connectivity index (χ2v) is 3.85. The van der Waals surface area contributed by atoms with Crippen LogP contribution in [0.1, 0.15) is 26.1 Å². The molecule has 20 heavy (non-hydrogen) atoms. The highest BCUT2D eigenvalue weighted by Gasteiger charge is 2.06. The van der Waals surface area contributed by atoms with Gasteiger partial charge in [-0.2, -0.15) is 4.98 Å². The third-order valence-corrected chi connectivity index (χ3v) is 2.22. The molecule has 6 nitrogen and oxygen atoms in total. The van der Waals surface area contributed by atoms with Crippen molar-refractivity contribution in [3.05, 3.63) is 44.6 Å². The van der Waals surface area contributed by atoms with E-state index in [-0.39, 0.29) is 11.4 Å². The Bertz CT molecular complexity index is 628. The first kappa shape index (κ1) is 15.7. The molecular formula is C12H14F2N4O2. The van der Waals surface area contributed by atoms with Crippen LogP contribution in [-0.4, -0.2) is 27.6 Å². The molecule has 0 unspecified atom stereocenters. The quantitative estimate of drug-likeness (QED) is 0.802. The van der Waals surface area contributed by atoms with Crippen LogP contribution in [0.15, 0.2) is 32.4 Å². The fourth-order valence-electron chi connectivity index (χ4n) is 1.31. The zero-order valence-electron chi connectivity index (χ0n) is 11.0. The van der Waals surface area contributed by atoms with Gasteiger partial charge in [-0.1, -0.05) is 13.0 Å². The molecule has 0 fully saturated rings. The molecule has 8 heteroatoms. The Morgan fingerprint density at radius 2 is 2.10 bits per heavy atom. The van der Waals surface area contributed by atoms with E-state index in [1.54, 1.807) is 13.8 Å². The largest absolute Gasteiger partial charge is 0.351 e. The molecule has 0 aliphatic carbocycles. The first-order valence-corrected chi connectivity index (χ1v) is 5.83. The Balaban J connectivity index is 2.97. The molecule has 0 bridgehead atoms. The molecule has 108 valence electrons. The molecule has 1 rings (SSSR count). The molecule has 0 atom stereocenters. The summed E-state index contributed by atoms with van der Waals surface area (Å²) in [7, 11) is 0. The van der Waals surface area contributed by atoms with E-state index in [4.69, 9.17) is 0 Å². The fraction of sp³-hybridized carbons (Fsp3) is 0.333. The lowest BCUT2D eigenvalue weighted by molar-refractivity contribution is 0.197. The Labute approximate surface area is 113 Å². The molecule has 0 radical (unpaired) electrons. The molecule has 1 heterocycles. The summed E-state index contributed by atoms with van der Waals surface area (Å²) >= 11 is 0. The number of hydrogen-bond donors (Lipinski definition) is 2. The van der Waals surface area contributed by atoms with Crippen molar-refractivity contribution in [2.45, 2.75) is 26.7 Å². The van der Waals surface area contributed by atoms with Gasteiger partial charge in [0.05, 0.1) is 0 Å². The van der Waals surface area contributed by atoms with E-state index < -0.39 is 17.8 Å². The van der Waals surface area contributed by atoms with Crippen molar-refractivity contribution < 1.29 is 8.78 Å². The maximum atomic E-state index is 12.6. The lowest BCUT2D eigenvalue weighted by Crippen LogP contribution is -2.26. The number of hydrogen-bond acceptors (Lipinski definition) is 4. The maximum absolute atomic E-state index is 12.6. The van der Waals surface area contributed by atoms with E-state index in [1.807, 2.05) is 4.98 Å². The Morgan fingerprint density at radius 1 is 1.40 bits per heavy atom. The second kappa shape index (κ2) is 7.27. The number of nitrogens with zero attached hydrogens (tertiary/aromatic N) is 2. The monoisotopic (exact) mass is 284 g/mol. The van der Waals surface area contributed by atoms with Gasteiger partial charge < -0.3 is 0 Å². The molecule has 1 aromatic heterocycles. The van der Waals surface area contributed by atoms with E-state index in [1.165, 1.54) is 12.3 Å². The van der Waals surface area contributed by atoms with Gasteiger partial charge in [-0.25, -0.2) is 18.4 Å². The fourth-order valence-corrected chi connectivity index (χ4v) is 1.31. The number of aromatic amines is 2. The van der Waals surface area contributed by atoms with Crippen LogP contribution in [0.25, 0.3) is 5.57 Å². The summed E-state index contributed by atoms with van der Waals surface area (Å²) in [6.45, 7) is 3.28. The van der Waals surface area contributed by atoms with Gasteiger partial charge in [0.2, 0.25) is 0 Å². The number of aliphatic imine (C=N–C) groups is 1. The van der Waals surface area contributed by atoms with Crippen LogP contribution in [0.2, 0.25) is 0 Å². The first-order valence-electron chi connectivity index (χ1n) is 5.83. The summed E-state index contributed by atoms with van der Waals surface area (Å²) < 4.78 is 25.1. The van der Waals surface area contributed by atoms with Gasteiger partial charge >= 0.3 is 11.4 Å². The molecular weight excluding hydrogens is 270 g/mol. The second-order valence-electron chi connectivity index (χ2n) is 3.85. The molecule has 0 aliphatic rings. The summed E-state index contributed by atoms with van der Waals surface area (Å²) in [6, 6.07) is 0. The van der Waals surface area contributed by atoms with Crippen LogP contribution < -0.4 is 11.4 Å². The average Bonchev–Trinajstić information content (AvgIpc) is 2.36. The summed E-state index contributed by atoms with van der Waals surface area (Å²) in [5, 5.41) is 0. The standard InChI is InChI=1S/C12H14F2N4O2/c1-3-4-8(9(13)14)6-15-5-7(2)10-16-11(19)18-12(20)17-10/h4-6,9H,3H2,1-2H3,(H2,16,17,18,19,20). The van der Waals surface area contributed by atoms with Gasteiger partial charge in [0, 0.05) is 23.6 Å². The van der Waals surface area contributed by atoms with Crippen LogP contribution >= 0.6 is 0 Å². The van der Waals surface area contributed by atoms with Gasteiger partial charge in [-0.15, -0.1) is 0 Å². The molecule has 0 saturated carbocycles. The van der Waals surface area contributed by atoms with E-state index in [2.05, 4.69) is 15.0 Å². The van der Waals surface area contributed by atoms with Crippen molar-refractivity contribution in [2.24, 2.45) is 4.99 Å². The normalized spacial score (nSPS) is 13.4. The number of alkyl halides is 2. The minimum Gasteiger partial charge on any atom is -0.292 e.